The molecule has 1 N–H and O–H groups in total. The molecule has 0 aliphatic carbocycles. The van der Waals surface area contributed by atoms with E-state index in [1.54, 1.807) is 23.5 Å². The fraction of sp³-hybridized carbons (Fsp3) is 0.118. The van der Waals surface area contributed by atoms with Gasteiger partial charge in [0.1, 0.15) is 0 Å². The molecule has 1 aromatic rings. The van der Waals surface area contributed by atoms with Crippen molar-refractivity contribution in [2.75, 3.05) is 5.32 Å². The van der Waals surface area contributed by atoms with Crippen LogP contribution in [-0.2, 0) is 0 Å². The molecule has 1 aromatic heterocycles. The third kappa shape index (κ3) is 4.86. The first-order valence-corrected chi connectivity index (χ1v) is 7.26. The van der Waals surface area contributed by atoms with Crippen LogP contribution in [0.5, 0.6) is 0 Å². The normalized spacial score (nSPS) is 13.1. The van der Waals surface area contributed by atoms with Gasteiger partial charge in [0.2, 0.25) is 0 Å². The van der Waals surface area contributed by atoms with Gasteiger partial charge in [0.25, 0.3) is 0 Å². The summed E-state index contributed by atoms with van der Waals surface area (Å²) in [6.07, 6.45) is 15.4. The molecule has 0 saturated heterocycles. The maximum Gasteiger partial charge on any atom is 0.187 e. The van der Waals surface area contributed by atoms with Gasteiger partial charge in [-0.15, -0.1) is 11.3 Å². The summed E-state index contributed by atoms with van der Waals surface area (Å²) in [6.45, 7) is 11.4. The van der Waals surface area contributed by atoms with Crippen LogP contribution in [0.15, 0.2) is 72.8 Å². The summed E-state index contributed by atoms with van der Waals surface area (Å²) < 4.78 is 0. The summed E-state index contributed by atoms with van der Waals surface area (Å²) in [5, 5.41) is 6.12. The largest absolute Gasteiger partial charge is 0.332 e. The number of aromatic nitrogens is 1. The van der Waals surface area contributed by atoms with Crippen molar-refractivity contribution in [2.24, 2.45) is 0 Å². The van der Waals surface area contributed by atoms with E-state index in [9.17, 15) is 0 Å². The highest BCUT2D eigenvalue weighted by molar-refractivity contribution is 7.13. The molecule has 0 spiro atoms. The van der Waals surface area contributed by atoms with Crippen molar-refractivity contribution in [2.45, 2.75) is 13.8 Å². The zero-order valence-corrected chi connectivity index (χ0v) is 12.8. The van der Waals surface area contributed by atoms with Crippen molar-refractivity contribution in [1.29, 1.82) is 0 Å². The van der Waals surface area contributed by atoms with Gasteiger partial charge in [-0.25, -0.2) is 4.98 Å². The lowest BCUT2D eigenvalue weighted by Gasteiger charge is -2.01. The molecule has 0 aromatic carbocycles. The van der Waals surface area contributed by atoms with Crippen LogP contribution in [0.4, 0.5) is 5.13 Å². The molecule has 20 heavy (non-hydrogen) atoms. The van der Waals surface area contributed by atoms with Crippen LogP contribution in [0, 0.1) is 0 Å². The quantitative estimate of drug-likeness (QED) is 0.683. The van der Waals surface area contributed by atoms with Gasteiger partial charge in [0.15, 0.2) is 5.13 Å². The molecule has 0 aliphatic heterocycles. The third-order valence-corrected chi connectivity index (χ3v) is 3.22. The number of hydrogen-bond acceptors (Lipinski definition) is 3. The highest BCUT2D eigenvalue weighted by atomic mass is 32.1. The second kappa shape index (κ2) is 8.88. The molecular formula is C17H20N2S. The van der Waals surface area contributed by atoms with Gasteiger partial charge in [-0.05, 0) is 31.6 Å². The highest BCUT2D eigenvalue weighted by Crippen LogP contribution is 2.23. The minimum atomic E-state index is 0.849. The highest BCUT2D eigenvalue weighted by Gasteiger charge is 2.04. The molecule has 0 aliphatic rings. The van der Waals surface area contributed by atoms with Gasteiger partial charge < -0.3 is 5.32 Å². The number of allylic oxidation sites excluding steroid dienone is 9. The molecule has 104 valence electrons. The van der Waals surface area contributed by atoms with Crippen molar-refractivity contribution >= 4 is 22.0 Å². The molecular weight excluding hydrogens is 264 g/mol. The van der Waals surface area contributed by atoms with E-state index >= 15 is 0 Å². The molecule has 3 heteroatoms. The van der Waals surface area contributed by atoms with E-state index in [0.717, 1.165) is 22.1 Å². The molecule has 0 radical (unpaired) electrons. The average molecular weight is 284 g/mol. The number of rotatable bonds is 7. The van der Waals surface area contributed by atoms with Gasteiger partial charge in [-0.1, -0.05) is 49.6 Å². The zero-order valence-electron chi connectivity index (χ0n) is 12.0. The van der Waals surface area contributed by atoms with E-state index in [0.29, 0.717) is 0 Å². The summed E-state index contributed by atoms with van der Waals surface area (Å²) >= 11 is 1.57. The van der Waals surface area contributed by atoms with Crippen LogP contribution in [-0.4, -0.2) is 4.98 Å². The Kier molecular flexibility index (Phi) is 7.07. The monoisotopic (exact) mass is 284 g/mol. The lowest BCUT2D eigenvalue weighted by Crippen LogP contribution is -1.95. The Balaban J connectivity index is 2.89. The van der Waals surface area contributed by atoms with Crippen LogP contribution in [0.3, 0.4) is 0 Å². The Labute approximate surface area is 125 Å². The molecule has 0 bridgehead atoms. The fourth-order valence-electron chi connectivity index (χ4n) is 1.45. The summed E-state index contributed by atoms with van der Waals surface area (Å²) in [4.78, 5) is 4.57. The number of nitrogens with zero attached hydrogens (tertiary/aromatic N) is 1. The SMILES string of the molecule is C=C/C=C\C(=C/C)c1csc(N/C(C=C)=C/C=C\C)n1. The number of thiazole rings is 1. The van der Waals surface area contributed by atoms with Crippen molar-refractivity contribution < 1.29 is 0 Å². The second-order valence-electron chi connectivity index (χ2n) is 3.85. The van der Waals surface area contributed by atoms with E-state index < -0.39 is 0 Å². The third-order valence-electron chi connectivity index (χ3n) is 2.46. The minimum Gasteiger partial charge on any atom is -0.332 e. The maximum atomic E-state index is 4.57. The minimum absolute atomic E-state index is 0.849. The molecule has 1 heterocycles. The second-order valence-corrected chi connectivity index (χ2v) is 4.71. The molecule has 0 amide bonds. The lowest BCUT2D eigenvalue weighted by molar-refractivity contribution is 1.32. The Morgan fingerprint density at radius 1 is 1.30 bits per heavy atom. The molecule has 2 nitrogen and oxygen atoms in total. The molecule has 1 rings (SSSR count). The van der Waals surface area contributed by atoms with Crippen LogP contribution in [0.2, 0.25) is 0 Å². The lowest BCUT2D eigenvalue weighted by atomic mass is 10.2. The van der Waals surface area contributed by atoms with Crippen LogP contribution in [0.1, 0.15) is 19.5 Å². The van der Waals surface area contributed by atoms with E-state index in [-0.39, 0.29) is 0 Å². The first-order valence-electron chi connectivity index (χ1n) is 6.38. The topological polar surface area (TPSA) is 24.9 Å². The van der Waals surface area contributed by atoms with Crippen molar-refractivity contribution in [3.05, 3.63) is 78.5 Å². The van der Waals surface area contributed by atoms with E-state index in [1.807, 2.05) is 55.7 Å². The predicted molar refractivity (Wildman–Crippen MR) is 91.8 cm³/mol. The van der Waals surface area contributed by atoms with Crippen molar-refractivity contribution in [3.63, 3.8) is 0 Å². The maximum absolute atomic E-state index is 4.57. The standard InChI is InChI=1S/C17H20N2S/c1-5-9-11-14(7-3)16-13-20-17(19-16)18-15(8-4)12-10-6-2/h5-13H,1,4H2,2-3H3,(H,18,19)/b10-6-,11-9-,14-7+,15-12+. The Hall–Kier alpha value is -2.13. The molecule has 0 unspecified atom stereocenters. The smallest absolute Gasteiger partial charge is 0.187 e. The van der Waals surface area contributed by atoms with Crippen LogP contribution in [0.25, 0.3) is 5.57 Å². The first-order chi connectivity index (χ1) is 9.74. The molecule has 0 atom stereocenters. The predicted octanol–water partition coefficient (Wildman–Crippen LogP) is 5.35. The van der Waals surface area contributed by atoms with Gasteiger partial charge in [0, 0.05) is 11.1 Å². The molecule has 0 saturated carbocycles. The van der Waals surface area contributed by atoms with Gasteiger partial charge >= 0.3 is 0 Å². The summed E-state index contributed by atoms with van der Waals surface area (Å²) in [5.74, 6) is 0. The molecule has 0 fully saturated rings. The average Bonchev–Trinajstić information content (AvgIpc) is 2.92. The Morgan fingerprint density at radius 3 is 2.70 bits per heavy atom. The van der Waals surface area contributed by atoms with Crippen molar-refractivity contribution in [3.8, 4) is 0 Å². The van der Waals surface area contributed by atoms with Crippen LogP contribution < -0.4 is 5.32 Å². The fourth-order valence-corrected chi connectivity index (χ4v) is 2.19. The zero-order chi connectivity index (χ0) is 14.8. The Bertz CT molecular complexity index is 572. The number of nitrogens with one attached hydrogen (secondary N) is 1. The van der Waals surface area contributed by atoms with E-state index in [1.165, 1.54) is 0 Å². The van der Waals surface area contributed by atoms with Crippen LogP contribution >= 0.6 is 11.3 Å². The van der Waals surface area contributed by atoms with Gasteiger partial charge in [-0.3, -0.25) is 0 Å². The Morgan fingerprint density at radius 2 is 2.10 bits per heavy atom. The van der Waals surface area contributed by atoms with E-state index in [2.05, 4.69) is 23.5 Å². The van der Waals surface area contributed by atoms with Gasteiger partial charge in [-0.2, -0.15) is 0 Å². The summed E-state index contributed by atoms with van der Waals surface area (Å²) in [7, 11) is 0. The van der Waals surface area contributed by atoms with Crippen molar-refractivity contribution in [1.82, 2.24) is 4.98 Å². The summed E-state index contributed by atoms with van der Waals surface area (Å²) in [5.41, 5.74) is 2.95. The van der Waals surface area contributed by atoms with Gasteiger partial charge in [0.05, 0.1) is 5.69 Å². The van der Waals surface area contributed by atoms with E-state index in [4.69, 9.17) is 0 Å². The first kappa shape index (κ1) is 15.9. The number of anilines is 1. The number of hydrogen-bond donors (Lipinski definition) is 1. The summed E-state index contributed by atoms with van der Waals surface area (Å²) in [6, 6.07) is 0.